The van der Waals surface area contributed by atoms with Crippen LogP contribution in [0.25, 0.3) is 0 Å². The number of hydrogen-bond donors (Lipinski definition) is 6. The van der Waals surface area contributed by atoms with Crippen LogP contribution in [0.15, 0.2) is 60.8 Å². The Kier molecular flexibility index (Phi) is 10.6. The summed E-state index contributed by atoms with van der Waals surface area (Å²) in [6.45, 7) is 0.892. The Hall–Kier alpha value is -3.47. The van der Waals surface area contributed by atoms with Gasteiger partial charge in [0.15, 0.2) is 0 Å². The lowest BCUT2D eigenvalue weighted by Gasteiger charge is -2.49. The molecule has 16 heteroatoms. The first-order valence-corrected chi connectivity index (χ1v) is 16.9. The Bertz CT molecular complexity index is 1600. The minimum atomic E-state index is -4.82. The fourth-order valence-electron chi connectivity index (χ4n) is 6.20. The van der Waals surface area contributed by atoms with Gasteiger partial charge in [0.1, 0.15) is 17.6 Å². The molecule has 0 radical (unpaired) electrons. The molecule has 5 rings (SSSR count). The van der Waals surface area contributed by atoms with E-state index in [1.54, 1.807) is 4.31 Å². The number of piperazine rings is 1. The zero-order chi connectivity index (χ0) is 33.9. The number of halogens is 5. The van der Waals surface area contributed by atoms with E-state index >= 15 is 4.39 Å². The number of hydrogen-bond acceptors (Lipinski definition) is 7. The van der Waals surface area contributed by atoms with Gasteiger partial charge in [0.05, 0.1) is 5.75 Å². The second kappa shape index (κ2) is 14.3. The quantitative estimate of drug-likeness (QED) is 0.142. The molecule has 2 amide bonds. The molecule has 2 aliphatic rings. The van der Waals surface area contributed by atoms with E-state index in [9.17, 15) is 37.0 Å². The third kappa shape index (κ3) is 8.34. The molecule has 10 nitrogen and oxygen atoms in total. The lowest BCUT2D eigenvalue weighted by molar-refractivity contribution is -0.141. The summed E-state index contributed by atoms with van der Waals surface area (Å²) in [6, 6.07) is 9.95. The van der Waals surface area contributed by atoms with Gasteiger partial charge in [0.2, 0.25) is 5.91 Å². The molecule has 5 atom stereocenters. The summed E-state index contributed by atoms with van der Waals surface area (Å²) < 4.78 is 79.5. The molecule has 2 bridgehead atoms. The van der Waals surface area contributed by atoms with Crippen molar-refractivity contribution in [3.8, 4) is 0 Å². The van der Waals surface area contributed by atoms with Crippen molar-refractivity contribution < 1.29 is 41.4 Å². The molecule has 3 aromatic rings. The molecule has 1 aromatic heterocycles. The lowest BCUT2D eigenvalue weighted by Crippen LogP contribution is -2.55. The molecule has 0 saturated carbocycles. The second-order valence-electron chi connectivity index (χ2n) is 11.6. The molecule has 0 aliphatic carbocycles. The second-order valence-corrected chi connectivity index (χ2v) is 14.1. The average molecular weight is 700 g/mol. The van der Waals surface area contributed by atoms with Crippen molar-refractivity contribution >= 4 is 40.1 Å². The first-order valence-electron chi connectivity index (χ1n) is 14.9. The minimum absolute atomic E-state index is 0.0388. The molecule has 3 unspecified atom stereocenters. The molecule has 2 saturated heterocycles. The highest BCUT2D eigenvalue weighted by Crippen LogP contribution is 2.49. The first-order chi connectivity index (χ1) is 22.2. The van der Waals surface area contributed by atoms with Gasteiger partial charge in [-0.25, -0.2) is 13.5 Å². The Morgan fingerprint density at radius 2 is 1.87 bits per heavy atom. The zero-order valence-electron chi connectivity index (χ0n) is 24.9. The standard InChI is InChI=1S/C31H34ClF4N5O5S/c32-20-8-6-18(7-9-20)27(19-12-13-37-26(15-19)31(34,35)36)28(40-30(43)44)29(42)39-25-5-1-4-24(33)23(25)11-10-22-16-38-21-3-2-14-47(45,46)41(22)17-21/h1,4-9,12-13,15,21-22,27-28,38,40,45-46H,2-3,10-11,14,16-17H2,(H,39,42)(H,43,44)/t21?,22?,27-,28-/m0/s1. The monoisotopic (exact) mass is 699 g/mol. The summed E-state index contributed by atoms with van der Waals surface area (Å²) in [5.74, 6) is -2.63. The van der Waals surface area contributed by atoms with Crippen LogP contribution in [0.4, 0.5) is 28.0 Å². The van der Waals surface area contributed by atoms with Crippen molar-refractivity contribution in [1.29, 1.82) is 0 Å². The van der Waals surface area contributed by atoms with E-state index < -0.39 is 52.4 Å². The molecule has 0 spiro atoms. The van der Waals surface area contributed by atoms with Crippen LogP contribution in [0.5, 0.6) is 0 Å². The smallest absolute Gasteiger partial charge is 0.433 e. The summed E-state index contributed by atoms with van der Waals surface area (Å²) in [5.41, 5.74) is -0.865. The Labute approximate surface area is 275 Å². The van der Waals surface area contributed by atoms with Gasteiger partial charge in [0, 0.05) is 53.6 Å². The molecular weight excluding hydrogens is 666 g/mol. The van der Waals surface area contributed by atoms with E-state index in [-0.39, 0.29) is 46.6 Å². The number of pyridine rings is 1. The average Bonchev–Trinajstić information content (AvgIpc) is 3.12. The number of rotatable bonds is 9. The van der Waals surface area contributed by atoms with Gasteiger partial charge < -0.3 is 21.1 Å². The van der Waals surface area contributed by atoms with Crippen LogP contribution in [0, 0.1) is 5.82 Å². The predicted molar refractivity (Wildman–Crippen MR) is 170 cm³/mol. The highest BCUT2D eigenvalue weighted by atomic mass is 35.5. The normalized spacial score (nSPS) is 22.7. The van der Waals surface area contributed by atoms with E-state index in [0.717, 1.165) is 18.7 Å². The topological polar surface area (TPSA) is 147 Å². The fraction of sp³-hybridized carbons (Fsp3) is 0.387. The van der Waals surface area contributed by atoms with Crippen molar-refractivity contribution in [3.63, 3.8) is 0 Å². The number of carboxylic acid groups (broad SMARTS) is 1. The van der Waals surface area contributed by atoms with Crippen molar-refractivity contribution in [1.82, 2.24) is 19.9 Å². The Balaban J connectivity index is 1.45. The number of carbonyl (C=O) groups excluding carboxylic acids is 1. The molecule has 2 aromatic carbocycles. The largest absolute Gasteiger partial charge is 0.465 e. The van der Waals surface area contributed by atoms with Crippen LogP contribution >= 0.6 is 22.4 Å². The summed E-state index contributed by atoms with van der Waals surface area (Å²) in [5, 5.41) is 18.2. The van der Waals surface area contributed by atoms with Gasteiger partial charge in [-0.05, 0) is 73.2 Å². The number of nitrogens with one attached hydrogen (secondary N) is 3. The molecule has 47 heavy (non-hydrogen) atoms. The number of aromatic nitrogens is 1. The van der Waals surface area contributed by atoms with Gasteiger partial charge in [-0.2, -0.15) is 13.2 Å². The van der Waals surface area contributed by atoms with Crippen molar-refractivity contribution in [3.05, 3.63) is 94.0 Å². The fourth-order valence-corrected chi connectivity index (χ4v) is 8.19. The van der Waals surface area contributed by atoms with E-state index in [0.29, 0.717) is 31.0 Å². The number of nitrogens with zero attached hydrogens (tertiary/aromatic N) is 2. The van der Waals surface area contributed by atoms with E-state index in [1.165, 1.54) is 48.5 Å². The summed E-state index contributed by atoms with van der Waals surface area (Å²) in [6.07, 6.45) is -3.65. The van der Waals surface area contributed by atoms with Crippen LogP contribution in [-0.4, -0.2) is 72.5 Å². The number of amides is 2. The van der Waals surface area contributed by atoms with Gasteiger partial charge >= 0.3 is 12.3 Å². The number of anilines is 1. The first kappa shape index (κ1) is 34.9. The lowest BCUT2D eigenvalue weighted by atomic mass is 9.84. The number of alkyl halides is 3. The number of fused-ring (bicyclic) bond motifs is 2. The van der Waals surface area contributed by atoms with Gasteiger partial charge in [0.25, 0.3) is 0 Å². The highest BCUT2D eigenvalue weighted by Gasteiger charge is 2.39. The third-order valence-corrected chi connectivity index (χ3v) is 10.7. The van der Waals surface area contributed by atoms with Gasteiger partial charge in [-0.15, -0.1) is 10.8 Å². The predicted octanol–water partition coefficient (Wildman–Crippen LogP) is 6.33. The maximum absolute atomic E-state index is 15.3. The maximum atomic E-state index is 15.3. The molecule has 6 N–H and O–H groups in total. The summed E-state index contributed by atoms with van der Waals surface area (Å²) in [4.78, 5) is 29.3. The van der Waals surface area contributed by atoms with Gasteiger partial charge in [-0.3, -0.25) is 18.9 Å². The van der Waals surface area contributed by atoms with Crippen LogP contribution in [0.1, 0.15) is 47.6 Å². The van der Waals surface area contributed by atoms with E-state index in [2.05, 4.69) is 20.9 Å². The zero-order valence-corrected chi connectivity index (χ0v) is 26.5. The Morgan fingerprint density at radius 1 is 1.13 bits per heavy atom. The van der Waals surface area contributed by atoms with Crippen LogP contribution < -0.4 is 16.0 Å². The van der Waals surface area contributed by atoms with Gasteiger partial charge in [-0.1, -0.05) is 29.8 Å². The van der Waals surface area contributed by atoms with Crippen molar-refractivity contribution in [2.45, 2.75) is 55.9 Å². The van der Waals surface area contributed by atoms with Crippen molar-refractivity contribution in [2.75, 3.05) is 24.2 Å². The molecule has 254 valence electrons. The number of benzene rings is 2. The SMILES string of the molecule is O=C(O)N[C@H](C(=O)Nc1cccc(F)c1CCC1CNC2CCCS(O)(O)N1C2)[C@@H](c1ccc(Cl)cc1)c1ccnc(C(F)(F)F)c1. The van der Waals surface area contributed by atoms with Crippen molar-refractivity contribution in [2.24, 2.45) is 0 Å². The summed E-state index contributed by atoms with van der Waals surface area (Å²) >= 11 is 6.03. The molecule has 2 fully saturated rings. The van der Waals surface area contributed by atoms with E-state index in [1.807, 2.05) is 0 Å². The number of carbonyl (C=O) groups is 2. The maximum Gasteiger partial charge on any atom is 0.433 e. The summed E-state index contributed by atoms with van der Waals surface area (Å²) in [7, 11) is -3.00. The van der Waals surface area contributed by atoms with E-state index in [4.69, 9.17) is 11.6 Å². The molecule has 2 aliphatic heterocycles. The van der Waals surface area contributed by atoms with Crippen LogP contribution in [0.2, 0.25) is 5.02 Å². The molecule has 3 heterocycles. The third-order valence-electron chi connectivity index (χ3n) is 8.46. The minimum Gasteiger partial charge on any atom is -0.465 e. The van der Waals surface area contributed by atoms with Crippen LogP contribution in [0.3, 0.4) is 0 Å². The Morgan fingerprint density at radius 3 is 2.57 bits per heavy atom. The molecular formula is C31H34ClF4N5O5S. The van der Waals surface area contributed by atoms with Crippen LogP contribution in [-0.2, 0) is 17.4 Å². The highest BCUT2D eigenvalue weighted by molar-refractivity contribution is 8.22.